The largest absolute Gasteiger partial charge is 0.322 e. The van der Waals surface area contributed by atoms with Gasteiger partial charge in [-0.2, -0.15) is 0 Å². The first kappa shape index (κ1) is 9.63. The first-order valence-corrected chi connectivity index (χ1v) is 3.96. The van der Waals surface area contributed by atoms with Crippen molar-refractivity contribution >= 4 is 5.78 Å². The summed E-state index contributed by atoms with van der Waals surface area (Å²) in [6.07, 6.45) is 3.95. The molecule has 0 rings (SSSR count). The predicted molar refractivity (Wildman–Crippen MR) is 42.8 cm³/mol. The molecule has 0 aliphatic carbocycles. The lowest BCUT2D eigenvalue weighted by Crippen LogP contribution is -2.26. The summed E-state index contributed by atoms with van der Waals surface area (Å²) in [4.78, 5) is 10.9. The first-order chi connectivity index (χ1) is 4.68. The van der Waals surface area contributed by atoms with Crippen LogP contribution in [0.1, 0.15) is 39.5 Å². The molecule has 0 spiro atoms. The van der Waals surface area contributed by atoms with Crippen LogP contribution in [0.5, 0.6) is 0 Å². The highest BCUT2D eigenvalue weighted by Crippen LogP contribution is 2.00. The molecular formula is C8H17NO. The lowest BCUT2D eigenvalue weighted by atomic mass is 10.1. The van der Waals surface area contributed by atoms with Gasteiger partial charge in [0, 0.05) is 6.42 Å². The molecule has 0 radical (unpaired) electrons. The number of hydrogen-bond donors (Lipinski definition) is 1. The number of carbonyl (C=O) groups excluding carboxylic acids is 1. The summed E-state index contributed by atoms with van der Waals surface area (Å²) in [7, 11) is 0. The molecule has 0 amide bonds. The van der Waals surface area contributed by atoms with Gasteiger partial charge >= 0.3 is 0 Å². The second-order valence-electron chi connectivity index (χ2n) is 2.71. The average molecular weight is 143 g/mol. The smallest absolute Gasteiger partial charge is 0.149 e. The highest BCUT2D eigenvalue weighted by molar-refractivity contribution is 5.83. The summed E-state index contributed by atoms with van der Waals surface area (Å²) < 4.78 is 0. The molecule has 0 aromatic rings. The third-order valence-electron chi connectivity index (χ3n) is 1.53. The van der Waals surface area contributed by atoms with Crippen molar-refractivity contribution in [1.82, 2.24) is 0 Å². The van der Waals surface area contributed by atoms with Crippen molar-refractivity contribution in [2.45, 2.75) is 45.6 Å². The molecule has 1 atom stereocenters. The lowest BCUT2D eigenvalue weighted by molar-refractivity contribution is -0.120. The Morgan fingerprint density at radius 2 is 2.10 bits per heavy atom. The fourth-order valence-corrected chi connectivity index (χ4v) is 0.777. The van der Waals surface area contributed by atoms with E-state index in [-0.39, 0.29) is 11.8 Å². The summed E-state index contributed by atoms with van der Waals surface area (Å²) in [5, 5.41) is 0. The molecule has 2 heteroatoms. The third kappa shape index (κ3) is 4.50. The Morgan fingerprint density at radius 1 is 1.50 bits per heavy atom. The summed E-state index contributed by atoms with van der Waals surface area (Å²) >= 11 is 0. The minimum Gasteiger partial charge on any atom is -0.322 e. The van der Waals surface area contributed by atoms with Gasteiger partial charge in [0.05, 0.1) is 6.04 Å². The van der Waals surface area contributed by atoms with Gasteiger partial charge in [0.1, 0.15) is 5.78 Å². The van der Waals surface area contributed by atoms with Crippen molar-refractivity contribution < 1.29 is 4.79 Å². The van der Waals surface area contributed by atoms with E-state index in [0.717, 1.165) is 19.3 Å². The zero-order chi connectivity index (χ0) is 7.98. The van der Waals surface area contributed by atoms with Crippen LogP contribution < -0.4 is 5.73 Å². The molecule has 10 heavy (non-hydrogen) atoms. The topological polar surface area (TPSA) is 43.1 Å². The fourth-order valence-electron chi connectivity index (χ4n) is 0.777. The summed E-state index contributed by atoms with van der Waals surface area (Å²) in [6.45, 7) is 3.87. The van der Waals surface area contributed by atoms with Crippen molar-refractivity contribution in [3.05, 3.63) is 0 Å². The van der Waals surface area contributed by atoms with Gasteiger partial charge in [-0.25, -0.2) is 0 Å². The van der Waals surface area contributed by atoms with Crippen LogP contribution in [-0.2, 0) is 4.79 Å². The van der Waals surface area contributed by atoms with Crippen LogP contribution in [0.4, 0.5) is 0 Å². The number of ketones is 1. The lowest BCUT2D eigenvalue weighted by Gasteiger charge is -2.01. The summed E-state index contributed by atoms with van der Waals surface area (Å²) in [6, 6.07) is -0.267. The third-order valence-corrected chi connectivity index (χ3v) is 1.53. The van der Waals surface area contributed by atoms with E-state index in [1.807, 2.05) is 0 Å². The first-order valence-electron chi connectivity index (χ1n) is 3.96. The molecule has 60 valence electrons. The van der Waals surface area contributed by atoms with Crippen LogP contribution >= 0.6 is 0 Å². The van der Waals surface area contributed by atoms with E-state index < -0.39 is 0 Å². The Bertz CT molecular complexity index is 99.4. The van der Waals surface area contributed by atoms with E-state index in [1.54, 1.807) is 6.92 Å². The molecule has 0 aliphatic rings. The van der Waals surface area contributed by atoms with E-state index in [1.165, 1.54) is 0 Å². The molecule has 2 N–H and O–H groups in total. The minimum absolute atomic E-state index is 0.188. The molecule has 0 aliphatic heterocycles. The highest BCUT2D eigenvalue weighted by Gasteiger charge is 2.05. The Hall–Kier alpha value is -0.370. The number of hydrogen-bond acceptors (Lipinski definition) is 2. The number of nitrogens with two attached hydrogens (primary N) is 1. The van der Waals surface area contributed by atoms with Crippen LogP contribution in [0.25, 0.3) is 0 Å². The van der Waals surface area contributed by atoms with Gasteiger partial charge in [-0.05, 0) is 13.3 Å². The van der Waals surface area contributed by atoms with E-state index in [0.29, 0.717) is 6.42 Å². The van der Waals surface area contributed by atoms with Crippen molar-refractivity contribution in [3.8, 4) is 0 Å². The Kier molecular flexibility index (Phi) is 5.22. The van der Waals surface area contributed by atoms with Gasteiger partial charge in [-0.1, -0.05) is 19.8 Å². The van der Waals surface area contributed by atoms with Crippen LogP contribution in [0, 0.1) is 0 Å². The fraction of sp³-hybridized carbons (Fsp3) is 0.875. The molecular weight excluding hydrogens is 126 g/mol. The van der Waals surface area contributed by atoms with Gasteiger partial charge in [-0.15, -0.1) is 0 Å². The predicted octanol–water partition coefficient (Wildman–Crippen LogP) is 1.48. The molecule has 0 saturated carbocycles. The average Bonchev–Trinajstić information content (AvgIpc) is 1.88. The van der Waals surface area contributed by atoms with Crippen molar-refractivity contribution in [3.63, 3.8) is 0 Å². The van der Waals surface area contributed by atoms with Crippen LogP contribution in [0.2, 0.25) is 0 Å². The van der Waals surface area contributed by atoms with Gasteiger partial charge in [0.15, 0.2) is 0 Å². The van der Waals surface area contributed by atoms with Gasteiger partial charge in [-0.3, -0.25) is 4.79 Å². The van der Waals surface area contributed by atoms with E-state index >= 15 is 0 Å². The molecule has 0 heterocycles. The SMILES string of the molecule is CCCCCC(=O)C(C)N. The van der Waals surface area contributed by atoms with Crippen molar-refractivity contribution in [2.75, 3.05) is 0 Å². The van der Waals surface area contributed by atoms with Crippen molar-refractivity contribution in [2.24, 2.45) is 5.73 Å². The quantitative estimate of drug-likeness (QED) is 0.592. The molecule has 0 fully saturated rings. The molecule has 0 aromatic heterocycles. The Morgan fingerprint density at radius 3 is 2.50 bits per heavy atom. The number of carbonyl (C=O) groups is 1. The second-order valence-corrected chi connectivity index (χ2v) is 2.71. The molecule has 2 nitrogen and oxygen atoms in total. The minimum atomic E-state index is -0.267. The van der Waals surface area contributed by atoms with Gasteiger partial charge in [0.2, 0.25) is 0 Å². The molecule has 0 saturated heterocycles. The maximum Gasteiger partial charge on any atom is 0.149 e. The second kappa shape index (κ2) is 5.42. The van der Waals surface area contributed by atoms with E-state index in [9.17, 15) is 4.79 Å². The number of rotatable bonds is 5. The van der Waals surface area contributed by atoms with Gasteiger partial charge < -0.3 is 5.73 Å². The number of unbranched alkanes of at least 4 members (excludes halogenated alkanes) is 2. The van der Waals surface area contributed by atoms with Crippen LogP contribution in [-0.4, -0.2) is 11.8 Å². The Labute approximate surface area is 62.8 Å². The van der Waals surface area contributed by atoms with E-state index in [4.69, 9.17) is 5.73 Å². The normalized spacial score (nSPS) is 13.1. The standard InChI is InChI=1S/C8H17NO/c1-3-4-5-6-8(10)7(2)9/h7H,3-6,9H2,1-2H3. The van der Waals surface area contributed by atoms with Crippen LogP contribution in [0.15, 0.2) is 0 Å². The molecule has 0 bridgehead atoms. The van der Waals surface area contributed by atoms with Crippen molar-refractivity contribution in [1.29, 1.82) is 0 Å². The molecule has 0 aromatic carbocycles. The summed E-state index contributed by atoms with van der Waals surface area (Å²) in [5.74, 6) is 0.188. The highest BCUT2D eigenvalue weighted by atomic mass is 16.1. The number of Topliss-reactive ketones (excluding diaryl/α,β-unsaturated/α-hetero) is 1. The zero-order valence-corrected chi connectivity index (χ0v) is 6.89. The maximum atomic E-state index is 10.9. The molecule has 1 unspecified atom stereocenters. The zero-order valence-electron chi connectivity index (χ0n) is 6.89. The van der Waals surface area contributed by atoms with Crippen LogP contribution in [0.3, 0.4) is 0 Å². The van der Waals surface area contributed by atoms with Gasteiger partial charge in [0.25, 0.3) is 0 Å². The Balaban J connectivity index is 3.22. The summed E-state index contributed by atoms with van der Waals surface area (Å²) in [5.41, 5.74) is 5.37. The monoisotopic (exact) mass is 143 g/mol. The maximum absolute atomic E-state index is 10.9. The van der Waals surface area contributed by atoms with E-state index in [2.05, 4.69) is 6.92 Å².